The second kappa shape index (κ2) is 9.37. The maximum Gasteiger partial charge on any atom is 0.281 e. The first-order chi connectivity index (χ1) is 18.0. The summed E-state index contributed by atoms with van der Waals surface area (Å²) in [6.07, 6.45) is 2.67. The Labute approximate surface area is 218 Å². The van der Waals surface area contributed by atoms with Gasteiger partial charge in [-0.1, -0.05) is 66.2 Å². The Morgan fingerprint density at radius 1 is 0.919 bits per heavy atom. The van der Waals surface area contributed by atoms with E-state index >= 15 is 0 Å². The SMILES string of the molecule is Cc1c2c(=O)n(-c3ccccc3)n(Cc3ccccc3Cl)c2cc(=O)n1CC[C@H]1C=Nc2ccccc21. The van der Waals surface area contributed by atoms with Crippen LogP contribution in [0.3, 0.4) is 0 Å². The molecule has 0 saturated carbocycles. The summed E-state index contributed by atoms with van der Waals surface area (Å²) in [6.45, 7) is 2.70. The molecule has 6 rings (SSSR count). The monoisotopic (exact) mass is 508 g/mol. The number of hydrogen-bond donors (Lipinski definition) is 0. The first-order valence-electron chi connectivity index (χ1n) is 12.3. The van der Waals surface area contributed by atoms with Gasteiger partial charge in [0.2, 0.25) is 0 Å². The minimum Gasteiger partial charge on any atom is -0.312 e. The van der Waals surface area contributed by atoms with E-state index in [0.29, 0.717) is 34.7 Å². The molecular formula is C30H25ClN4O2. The van der Waals surface area contributed by atoms with Gasteiger partial charge in [0.05, 0.1) is 28.8 Å². The molecule has 0 spiro atoms. The van der Waals surface area contributed by atoms with Gasteiger partial charge in [0.25, 0.3) is 11.1 Å². The molecular weight excluding hydrogens is 484 g/mol. The van der Waals surface area contributed by atoms with Crippen molar-refractivity contribution in [3.8, 4) is 5.69 Å². The van der Waals surface area contributed by atoms with E-state index in [2.05, 4.69) is 11.1 Å². The molecule has 0 bridgehead atoms. The van der Waals surface area contributed by atoms with Crippen LogP contribution in [0, 0.1) is 6.92 Å². The van der Waals surface area contributed by atoms with Crippen molar-refractivity contribution < 1.29 is 0 Å². The highest BCUT2D eigenvalue weighted by Gasteiger charge is 2.22. The molecule has 3 heterocycles. The number of fused-ring (bicyclic) bond motifs is 2. The van der Waals surface area contributed by atoms with Crippen LogP contribution < -0.4 is 11.1 Å². The Bertz CT molecular complexity index is 1780. The summed E-state index contributed by atoms with van der Waals surface area (Å²) in [5, 5.41) is 1.15. The first kappa shape index (κ1) is 23.3. The van der Waals surface area contributed by atoms with Crippen LogP contribution in [0.5, 0.6) is 0 Å². The Morgan fingerprint density at radius 3 is 2.46 bits per heavy atom. The molecule has 1 atom stereocenters. The van der Waals surface area contributed by atoms with Crippen LogP contribution in [-0.2, 0) is 13.1 Å². The van der Waals surface area contributed by atoms with Crippen molar-refractivity contribution in [2.75, 3.05) is 0 Å². The van der Waals surface area contributed by atoms with E-state index in [1.807, 2.05) is 90.6 Å². The summed E-state index contributed by atoms with van der Waals surface area (Å²) in [6, 6.07) is 26.7. The fraction of sp³-hybridized carbons (Fsp3) is 0.167. The third-order valence-corrected chi connectivity index (χ3v) is 7.52. The predicted octanol–water partition coefficient (Wildman–Crippen LogP) is 5.85. The van der Waals surface area contributed by atoms with Crippen LogP contribution in [0.2, 0.25) is 5.02 Å². The smallest absolute Gasteiger partial charge is 0.281 e. The molecule has 184 valence electrons. The number of rotatable bonds is 6. The molecule has 5 aromatic rings. The van der Waals surface area contributed by atoms with Crippen LogP contribution in [0.1, 0.15) is 29.2 Å². The topological polar surface area (TPSA) is 61.3 Å². The van der Waals surface area contributed by atoms with Crippen molar-refractivity contribution in [3.63, 3.8) is 0 Å². The second-order valence-corrected chi connectivity index (χ2v) is 9.72. The number of para-hydroxylation sites is 2. The number of pyridine rings is 1. The summed E-state index contributed by atoms with van der Waals surface area (Å²) in [5.41, 5.74) is 4.72. The van der Waals surface area contributed by atoms with Gasteiger partial charge < -0.3 is 4.57 Å². The lowest BCUT2D eigenvalue weighted by Gasteiger charge is -2.15. The zero-order valence-corrected chi connectivity index (χ0v) is 21.1. The van der Waals surface area contributed by atoms with Gasteiger partial charge in [-0.2, -0.15) is 0 Å². The normalized spacial score (nSPS) is 14.4. The summed E-state index contributed by atoms with van der Waals surface area (Å²) in [4.78, 5) is 31.8. The molecule has 0 fully saturated rings. The second-order valence-electron chi connectivity index (χ2n) is 9.31. The summed E-state index contributed by atoms with van der Waals surface area (Å²) in [5.74, 6) is 0.143. The van der Waals surface area contributed by atoms with Crippen molar-refractivity contribution in [1.82, 2.24) is 13.9 Å². The Hall–Kier alpha value is -4.16. The molecule has 3 aromatic carbocycles. The van der Waals surface area contributed by atoms with Crippen LogP contribution >= 0.6 is 11.6 Å². The van der Waals surface area contributed by atoms with E-state index in [0.717, 1.165) is 23.4 Å². The first-order valence-corrected chi connectivity index (χ1v) is 12.7. The van der Waals surface area contributed by atoms with Gasteiger partial charge >= 0.3 is 0 Å². The predicted molar refractivity (Wildman–Crippen MR) is 149 cm³/mol. The van der Waals surface area contributed by atoms with Crippen molar-refractivity contribution in [2.24, 2.45) is 4.99 Å². The van der Waals surface area contributed by atoms with E-state index in [4.69, 9.17) is 11.6 Å². The molecule has 7 heteroatoms. The number of aromatic nitrogens is 3. The maximum atomic E-state index is 13.9. The Kier molecular flexibility index (Phi) is 5.89. The number of benzene rings is 3. The van der Waals surface area contributed by atoms with E-state index in [1.54, 1.807) is 15.3 Å². The average molecular weight is 509 g/mol. The standard InChI is InChI=1S/C30H25ClN4O2/c1-20-29-27(17-28(36)33(20)16-15-21-18-32-26-14-8-6-12-24(21)26)34(19-22-9-5-7-13-25(22)31)35(30(29)37)23-10-3-2-4-11-23/h2-14,17-18,21H,15-16,19H2,1H3/t21-/m0/s1. The highest BCUT2D eigenvalue weighted by molar-refractivity contribution is 6.31. The highest BCUT2D eigenvalue weighted by atomic mass is 35.5. The average Bonchev–Trinajstić information content (AvgIpc) is 3.44. The zero-order chi connectivity index (χ0) is 25.5. The van der Waals surface area contributed by atoms with Crippen molar-refractivity contribution in [1.29, 1.82) is 0 Å². The molecule has 2 aromatic heterocycles. The lowest BCUT2D eigenvalue weighted by atomic mass is 9.98. The minimum absolute atomic E-state index is 0.133. The molecule has 0 amide bonds. The lowest BCUT2D eigenvalue weighted by molar-refractivity contribution is 0.597. The summed E-state index contributed by atoms with van der Waals surface area (Å²) in [7, 11) is 0. The summed E-state index contributed by atoms with van der Waals surface area (Å²) >= 11 is 6.48. The van der Waals surface area contributed by atoms with Gasteiger partial charge in [-0.3, -0.25) is 19.3 Å². The third-order valence-electron chi connectivity index (χ3n) is 7.15. The number of nitrogens with zero attached hydrogens (tertiary/aromatic N) is 4. The van der Waals surface area contributed by atoms with E-state index in [1.165, 1.54) is 5.56 Å². The largest absolute Gasteiger partial charge is 0.312 e. The number of hydrogen-bond acceptors (Lipinski definition) is 3. The fourth-order valence-electron chi connectivity index (χ4n) is 5.26. The van der Waals surface area contributed by atoms with Crippen LogP contribution in [0.15, 0.2) is 99.5 Å². The molecule has 1 aliphatic rings. The molecule has 0 aliphatic carbocycles. The third kappa shape index (κ3) is 4.03. The number of aryl methyl sites for hydroxylation is 1. The maximum absolute atomic E-state index is 13.9. The zero-order valence-electron chi connectivity index (χ0n) is 20.3. The fourth-order valence-corrected chi connectivity index (χ4v) is 5.45. The highest BCUT2D eigenvalue weighted by Crippen LogP contribution is 2.34. The Balaban J connectivity index is 1.47. The number of aliphatic imine (C=N–C) groups is 1. The summed E-state index contributed by atoms with van der Waals surface area (Å²) < 4.78 is 5.21. The van der Waals surface area contributed by atoms with Crippen LogP contribution in [0.4, 0.5) is 5.69 Å². The molecule has 0 unspecified atom stereocenters. The van der Waals surface area contributed by atoms with Gasteiger partial charge in [-0.25, -0.2) is 4.68 Å². The molecule has 0 N–H and O–H groups in total. The molecule has 0 radical (unpaired) electrons. The molecule has 6 nitrogen and oxygen atoms in total. The lowest BCUT2D eigenvalue weighted by Crippen LogP contribution is -2.24. The van der Waals surface area contributed by atoms with Gasteiger partial charge in [0.15, 0.2) is 0 Å². The van der Waals surface area contributed by atoms with Crippen LogP contribution in [-0.4, -0.2) is 20.1 Å². The van der Waals surface area contributed by atoms with Crippen LogP contribution in [0.25, 0.3) is 16.6 Å². The van der Waals surface area contributed by atoms with E-state index in [-0.39, 0.29) is 17.0 Å². The molecule has 1 aliphatic heterocycles. The van der Waals surface area contributed by atoms with Crippen molar-refractivity contribution in [3.05, 3.63) is 127 Å². The van der Waals surface area contributed by atoms with E-state index < -0.39 is 0 Å². The molecule has 37 heavy (non-hydrogen) atoms. The minimum atomic E-state index is -0.160. The van der Waals surface area contributed by atoms with Crippen molar-refractivity contribution >= 4 is 34.4 Å². The van der Waals surface area contributed by atoms with Gasteiger partial charge in [-0.05, 0) is 48.7 Å². The number of halogens is 1. The van der Waals surface area contributed by atoms with Gasteiger partial charge in [0.1, 0.15) is 0 Å². The van der Waals surface area contributed by atoms with Crippen molar-refractivity contribution in [2.45, 2.75) is 32.4 Å². The quantitative estimate of drug-likeness (QED) is 0.288. The molecule has 0 saturated heterocycles. The Morgan fingerprint density at radius 2 is 1.65 bits per heavy atom. The van der Waals surface area contributed by atoms with Gasteiger partial charge in [-0.15, -0.1) is 0 Å². The van der Waals surface area contributed by atoms with Gasteiger partial charge in [0, 0.05) is 35.5 Å². The van der Waals surface area contributed by atoms with E-state index in [9.17, 15) is 9.59 Å².